The lowest BCUT2D eigenvalue weighted by Gasteiger charge is -2.14. The lowest BCUT2D eigenvalue weighted by atomic mass is 10.1. The second kappa shape index (κ2) is 10.9. The predicted octanol–water partition coefficient (Wildman–Crippen LogP) is 6.32. The van der Waals surface area contributed by atoms with E-state index in [1.807, 2.05) is 68.4 Å². The number of nitrogens with zero attached hydrogens (tertiary/aromatic N) is 1. The third kappa shape index (κ3) is 6.01. The highest BCUT2D eigenvalue weighted by Crippen LogP contribution is 2.34. The van der Waals surface area contributed by atoms with Crippen molar-refractivity contribution in [3.63, 3.8) is 0 Å². The Kier molecular flexibility index (Phi) is 7.73. The van der Waals surface area contributed by atoms with E-state index in [1.165, 1.54) is 0 Å². The van der Waals surface area contributed by atoms with Gasteiger partial charge in [-0.2, -0.15) is 0 Å². The number of ether oxygens (including phenoxy) is 1. The van der Waals surface area contributed by atoms with Crippen molar-refractivity contribution in [1.82, 2.24) is 4.90 Å². The molecule has 1 fully saturated rings. The Hall–Kier alpha value is -3.36. The first kappa shape index (κ1) is 24.8. The number of halogens is 1. The van der Waals surface area contributed by atoms with E-state index in [-0.39, 0.29) is 11.4 Å². The lowest BCUT2D eigenvalue weighted by Crippen LogP contribution is -2.36. The Bertz CT molecular complexity index is 1320. The first-order valence-electron chi connectivity index (χ1n) is 10.9. The Morgan fingerprint density at radius 2 is 1.83 bits per heavy atom. The highest BCUT2D eigenvalue weighted by atomic mass is 79.9. The van der Waals surface area contributed by atoms with Crippen LogP contribution >= 0.6 is 27.7 Å². The number of anilines is 1. The normalized spacial score (nSPS) is 14.5. The molecule has 6 nitrogen and oxygen atoms in total. The molecule has 3 aromatic rings. The molecule has 1 aliphatic heterocycles. The Morgan fingerprint density at radius 1 is 1.06 bits per heavy atom. The average Bonchev–Trinajstić information content (AvgIpc) is 3.09. The number of carbonyl (C=O) groups is 3. The van der Waals surface area contributed by atoms with Crippen molar-refractivity contribution in [2.24, 2.45) is 0 Å². The summed E-state index contributed by atoms with van der Waals surface area (Å²) in [7, 11) is 0. The number of rotatable bonds is 7. The summed E-state index contributed by atoms with van der Waals surface area (Å²) in [5.74, 6) is -0.247. The van der Waals surface area contributed by atoms with E-state index in [9.17, 15) is 14.4 Å². The number of benzene rings is 3. The van der Waals surface area contributed by atoms with Gasteiger partial charge >= 0.3 is 0 Å². The maximum atomic E-state index is 12.8. The highest BCUT2D eigenvalue weighted by molar-refractivity contribution is 9.10. The third-order valence-corrected chi connectivity index (χ3v) is 7.07. The molecule has 0 spiro atoms. The van der Waals surface area contributed by atoms with Gasteiger partial charge in [-0.05, 0) is 88.1 Å². The monoisotopic (exact) mass is 550 g/mol. The van der Waals surface area contributed by atoms with Crippen LogP contribution in [-0.4, -0.2) is 28.5 Å². The fraction of sp³-hybridized carbons (Fsp3) is 0.148. The number of nitrogens with one attached hydrogen (secondary N) is 1. The largest absolute Gasteiger partial charge is 0.488 e. The summed E-state index contributed by atoms with van der Waals surface area (Å²) in [5, 5.41) is 2.31. The molecular formula is C27H23BrN2O4S. The summed E-state index contributed by atoms with van der Waals surface area (Å²) in [5.41, 5.74) is 4.43. The van der Waals surface area contributed by atoms with Gasteiger partial charge in [0.15, 0.2) is 0 Å². The van der Waals surface area contributed by atoms with Gasteiger partial charge in [0, 0.05) is 5.69 Å². The standard InChI is InChI=1S/C27H23BrN2O4S/c1-17-7-6-10-22(18(17)2)29-25(31)15-30-26(32)24(35-27(30)33)14-20-11-12-23(21(28)13-20)34-16-19-8-4-3-5-9-19/h3-14H,15-16H2,1-2H3,(H,29,31)/b24-14+. The van der Waals surface area contributed by atoms with Crippen molar-refractivity contribution in [2.75, 3.05) is 11.9 Å². The van der Waals surface area contributed by atoms with Crippen LogP contribution in [0.2, 0.25) is 0 Å². The zero-order valence-electron chi connectivity index (χ0n) is 19.2. The number of carbonyl (C=O) groups excluding carboxylic acids is 3. The third-order valence-electron chi connectivity index (χ3n) is 5.54. The van der Waals surface area contributed by atoms with Crippen LogP contribution < -0.4 is 10.1 Å². The molecule has 35 heavy (non-hydrogen) atoms. The molecular weight excluding hydrogens is 528 g/mol. The number of hydrogen-bond acceptors (Lipinski definition) is 5. The number of thioether (sulfide) groups is 1. The molecule has 3 aromatic carbocycles. The number of imide groups is 1. The van der Waals surface area contributed by atoms with E-state index in [2.05, 4.69) is 21.2 Å². The molecule has 8 heteroatoms. The van der Waals surface area contributed by atoms with Crippen molar-refractivity contribution in [3.05, 3.63) is 98.4 Å². The van der Waals surface area contributed by atoms with Crippen LogP contribution in [0.4, 0.5) is 10.5 Å². The minimum absolute atomic E-state index is 0.263. The molecule has 3 amide bonds. The van der Waals surface area contributed by atoms with Crippen molar-refractivity contribution in [3.8, 4) is 5.75 Å². The zero-order chi connectivity index (χ0) is 24.9. The van der Waals surface area contributed by atoms with Gasteiger partial charge in [0.05, 0.1) is 9.38 Å². The highest BCUT2D eigenvalue weighted by Gasteiger charge is 2.36. The minimum Gasteiger partial charge on any atom is -0.488 e. The van der Waals surface area contributed by atoms with Crippen LogP contribution in [-0.2, 0) is 16.2 Å². The van der Waals surface area contributed by atoms with Crippen molar-refractivity contribution in [1.29, 1.82) is 0 Å². The summed E-state index contributed by atoms with van der Waals surface area (Å²) in [6.45, 7) is 3.95. The SMILES string of the molecule is Cc1cccc(NC(=O)CN2C(=O)S/C(=C/c3ccc(OCc4ccccc4)c(Br)c3)C2=O)c1C. The number of aryl methyl sites for hydroxylation is 1. The first-order valence-corrected chi connectivity index (χ1v) is 12.5. The van der Waals surface area contributed by atoms with E-state index in [1.54, 1.807) is 18.2 Å². The van der Waals surface area contributed by atoms with Crippen molar-refractivity contribution >= 4 is 56.5 Å². The summed E-state index contributed by atoms with van der Waals surface area (Å²) >= 11 is 4.33. The maximum Gasteiger partial charge on any atom is 0.294 e. The van der Waals surface area contributed by atoms with E-state index in [0.717, 1.165) is 43.4 Å². The Labute approximate surface area is 216 Å². The summed E-state index contributed by atoms with van der Waals surface area (Å²) < 4.78 is 6.60. The van der Waals surface area contributed by atoms with E-state index in [4.69, 9.17) is 4.74 Å². The molecule has 178 valence electrons. The molecule has 1 saturated heterocycles. The van der Waals surface area contributed by atoms with Gasteiger partial charge in [-0.1, -0.05) is 48.5 Å². The molecule has 0 saturated carbocycles. The molecule has 0 unspecified atom stereocenters. The number of amides is 3. The van der Waals surface area contributed by atoms with Crippen LogP contribution in [0.15, 0.2) is 76.1 Å². The first-order chi connectivity index (χ1) is 16.8. The fourth-order valence-corrected chi connectivity index (χ4v) is 4.82. The van der Waals surface area contributed by atoms with Gasteiger partial charge in [0.2, 0.25) is 5.91 Å². The molecule has 1 heterocycles. The maximum absolute atomic E-state index is 12.8. The Morgan fingerprint density at radius 3 is 2.57 bits per heavy atom. The second-order valence-corrected chi connectivity index (χ2v) is 9.88. The quantitative estimate of drug-likeness (QED) is 0.348. The lowest BCUT2D eigenvalue weighted by molar-refractivity contribution is -0.127. The average molecular weight is 551 g/mol. The van der Waals surface area contributed by atoms with Crippen LogP contribution in [0.5, 0.6) is 5.75 Å². The molecule has 1 aliphatic rings. The molecule has 0 atom stereocenters. The van der Waals surface area contributed by atoms with Gasteiger partial charge in [-0.15, -0.1) is 0 Å². The van der Waals surface area contributed by atoms with Crippen molar-refractivity contribution < 1.29 is 19.1 Å². The van der Waals surface area contributed by atoms with Gasteiger partial charge in [0.25, 0.3) is 11.1 Å². The van der Waals surface area contributed by atoms with Gasteiger partial charge in [-0.25, -0.2) is 0 Å². The van der Waals surface area contributed by atoms with E-state index < -0.39 is 17.1 Å². The molecule has 0 radical (unpaired) electrons. The van der Waals surface area contributed by atoms with Crippen LogP contribution in [0.1, 0.15) is 22.3 Å². The molecule has 0 bridgehead atoms. The van der Waals surface area contributed by atoms with Crippen LogP contribution in [0.25, 0.3) is 6.08 Å². The van der Waals surface area contributed by atoms with Gasteiger partial charge in [0.1, 0.15) is 18.9 Å². The fourth-order valence-electron chi connectivity index (χ4n) is 3.47. The molecule has 4 rings (SSSR count). The molecule has 0 aromatic heterocycles. The van der Waals surface area contributed by atoms with Crippen LogP contribution in [0, 0.1) is 13.8 Å². The smallest absolute Gasteiger partial charge is 0.294 e. The second-order valence-electron chi connectivity index (χ2n) is 8.03. The van der Waals surface area contributed by atoms with Crippen LogP contribution in [0.3, 0.4) is 0 Å². The minimum atomic E-state index is -0.489. The van der Waals surface area contributed by atoms with E-state index >= 15 is 0 Å². The van der Waals surface area contributed by atoms with Gasteiger partial charge < -0.3 is 10.1 Å². The summed E-state index contributed by atoms with van der Waals surface area (Å²) in [6, 6.07) is 20.9. The zero-order valence-corrected chi connectivity index (χ0v) is 21.6. The number of hydrogen-bond donors (Lipinski definition) is 1. The van der Waals surface area contributed by atoms with Gasteiger partial charge in [-0.3, -0.25) is 19.3 Å². The topological polar surface area (TPSA) is 75.7 Å². The summed E-state index contributed by atoms with van der Waals surface area (Å²) in [6.07, 6.45) is 1.64. The van der Waals surface area contributed by atoms with E-state index in [0.29, 0.717) is 18.0 Å². The summed E-state index contributed by atoms with van der Waals surface area (Å²) in [4.78, 5) is 39.0. The Balaban J connectivity index is 1.41. The molecule has 0 aliphatic carbocycles. The predicted molar refractivity (Wildman–Crippen MR) is 142 cm³/mol. The van der Waals surface area contributed by atoms with Crippen molar-refractivity contribution in [2.45, 2.75) is 20.5 Å². The molecule has 1 N–H and O–H groups in total.